The predicted molar refractivity (Wildman–Crippen MR) is 131 cm³/mol. The van der Waals surface area contributed by atoms with E-state index in [4.69, 9.17) is 16.3 Å². The smallest absolute Gasteiger partial charge is 0.225 e. The number of guanidine groups is 1. The fraction of sp³-hybridized carbons (Fsp3) is 0.636. The van der Waals surface area contributed by atoms with Crippen LogP contribution < -0.4 is 5.32 Å². The van der Waals surface area contributed by atoms with Crippen LogP contribution in [0.25, 0.3) is 0 Å². The monoisotopic (exact) mass is 564 g/mol. The molecule has 0 spiro atoms. The summed E-state index contributed by atoms with van der Waals surface area (Å²) < 4.78 is 19.6. The lowest BCUT2D eigenvalue weighted by Crippen LogP contribution is -2.50. The van der Waals surface area contributed by atoms with Crippen molar-refractivity contribution in [1.29, 1.82) is 0 Å². The Morgan fingerprint density at radius 3 is 2.58 bits per heavy atom. The number of morpholine rings is 1. The van der Waals surface area contributed by atoms with Gasteiger partial charge in [0.1, 0.15) is 5.82 Å². The second-order valence-electron chi connectivity index (χ2n) is 8.23. The van der Waals surface area contributed by atoms with Crippen LogP contribution in [0, 0.1) is 11.7 Å². The number of hydrogen-bond donors (Lipinski definition) is 1. The molecule has 3 aliphatic rings. The van der Waals surface area contributed by atoms with Crippen molar-refractivity contribution >= 4 is 47.4 Å². The van der Waals surface area contributed by atoms with Crippen molar-refractivity contribution in [3.05, 3.63) is 34.6 Å². The van der Waals surface area contributed by atoms with Crippen LogP contribution in [0.4, 0.5) is 4.39 Å². The zero-order valence-corrected chi connectivity index (χ0v) is 20.9. The van der Waals surface area contributed by atoms with Crippen molar-refractivity contribution in [2.45, 2.75) is 38.1 Å². The number of aliphatic imine (C=N–C) groups is 1. The first-order chi connectivity index (χ1) is 14.6. The molecule has 1 aromatic rings. The fourth-order valence-corrected chi connectivity index (χ4v) is 4.77. The molecule has 0 bridgehead atoms. The summed E-state index contributed by atoms with van der Waals surface area (Å²) in [4.78, 5) is 21.6. The van der Waals surface area contributed by atoms with Crippen LogP contribution in [-0.4, -0.2) is 73.6 Å². The minimum absolute atomic E-state index is 0. The van der Waals surface area contributed by atoms with Crippen LogP contribution in [0.15, 0.2) is 23.2 Å². The number of nitrogens with one attached hydrogen (secondary N) is 1. The van der Waals surface area contributed by atoms with Crippen molar-refractivity contribution in [3.63, 3.8) is 0 Å². The molecule has 0 radical (unpaired) electrons. The molecule has 1 amide bonds. The van der Waals surface area contributed by atoms with E-state index in [1.54, 1.807) is 12.1 Å². The largest absolute Gasteiger partial charge is 0.378 e. The van der Waals surface area contributed by atoms with E-state index in [1.165, 1.54) is 6.07 Å². The molecule has 9 heteroatoms. The number of halogens is 3. The van der Waals surface area contributed by atoms with E-state index in [-0.39, 0.29) is 53.6 Å². The topological polar surface area (TPSA) is 57.2 Å². The number of likely N-dealkylation sites (tertiary alicyclic amines) is 1. The first-order valence-corrected chi connectivity index (χ1v) is 11.3. The van der Waals surface area contributed by atoms with Crippen molar-refractivity contribution in [1.82, 2.24) is 15.1 Å². The summed E-state index contributed by atoms with van der Waals surface area (Å²) in [5.74, 6) is 1.02. The maximum Gasteiger partial charge on any atom is 0.225 e. The Kier molecular flexibility index (Phi) is 8.81. The highest BCUT2D eigenvalue weighted by molar-refractivity contribution is 14.0. The maximum atomic E-state index is 14.2. The minimum Gasteiger partial charge on any atom is -0.378 e. The summed E-state index contributed by atoms with van der Waals surface area (Å²) in [6.07, 6.45) is 2.50. The first-order valence-electron chi connectivity index (χ1n) is 10.9. The predicted octanol–water partition coefficient (Wildman–Crippen LogP) is 3.49. The lowest BCUT2D eigenvalue weighted by atomic mass is 9.95. The van der Waals surface area contributed by atoms with Gasteiger partial charge in [-0.3, -0.25) is 9.79 Å². The van der Waals surface area contributed by atoms with Gasteiger partial charge < -0.3 is 19.9 Å². The summed E-state index contributed by atoms with van der Waals surface area (Å²) >= 11 is 6.23. The number of hydrogen-bond acceptors (Lipinski definition) is 3. The molecular weight excluding hydrogens is 534 g/mol. The van der Waals surface area contributed by atoms with Crippen LogP contribution in [0.3, 0.4) is 0 Å². The van der Waals surface area contributed by atoms with E-state index in [1.807, 2.05) is 11.8 Å². The van der Waals surface area contributed by atoms with E-state index in [2.05, 4.69) is 15.2 Å². The van der Waals surface area contributed by atoms with Crippen LogP contribution in [0.5, 0.6) is 0 Å². The number of ether oxygens (including phenoxy) is 1. The Morgan fingerprint density at radius 2 is 1.94 bits per heavy atom. The molecule has 3 fully saturated rings. The summed E-state index contributed by atoms with van der Waals surface area (Å²) in [7, 11) is 0. The number of nitrogens with zero attached hydrogens (tertiary/aromatic N) is 3. The zero-order valence-electron chi connectivity index (χ0n) is 17.9. The number of rotatable bonds is 4. The zero-order chi connectivity index (χ0) is 21.1. The molecule has 1 aliphatic carbocycles. The standard InChI is InChI=1S/C22H30ClFN4O2.HI/c1-2-25-22(26-19-14-16(19)20-17(23)4-3-5-18(20)24)28-8-6-15(7-9-28)21(29)27-10-12-30-13-11-27;/h3-5,15-16,19H,2,6-14H2,1H3,(H,25,26);1H. The molecule has 0 aromatic heterocycles. The van der Waals surface area contributed by atoms with Gasteiger partial charge in [-0.15, -0.1) is 24.0 Å². The van der Waals surface area contributed by atoms with E-state index in [9.17, 15) is 9.18 Å². The molecule has 2 atom stereocenters. The lowest BCUT2D eigenvalue weighted by Gasteiger charge is -2.37. The van der Waals surface area contributed by atoms with Gasteiger partial charge in [0.05, 0.1) is 13.2 Å². The van der Waals surface area contributed by atoms with Crippen LogP contribution in [0.2, 0.25) is 5.02 Å². The van der Waals surface area contributed by atoms with Crippen LogP contribution >= 0.6 is 35.6 Å². The average Bonchev–Trinajstić information content (AvgIpc) is 3.52. The Morgan fingerprint density at radius 1 is 1.23 bits per heavy atom. The minimum atomic E-state index is -0.242. The first kappa shape index (κ1) is 24.5. The number of benzene rings is 1. The molecule has 2 saturated heterocycles. The molecular formula is C22H31ClFIN4O2. The summed E-state index contributed by atoms with van der Waals surface area (Å²) in [6.45, 7) is 6.94. The Balaban J connectivity index is 0.00000272. The molecule has 6 nitrogen and oxygen atoms in total. The van der Waals surface area contributed by atoms with Gasteiger partial charge >= 0.3 is 0 Å². The number of carbonyl (C=O) groups excluding carboxylic acids is 1. The highest BCUT2D eigenvalue weighted by Crippen LogP contribution is 2.45. The molecule has 1 saturated carbocycles. The van der Waals surface area contributed by atoms with E-state index in [0.29, 0.717) is 43.4 Å². The normalized spacial score (nSPS) is 24.5. The lowest BCUT2D eigenvalue weighted by molar-refractivity contribution is -0.140. The van der Waals surface area contributed by atoms with E-state index < -0.39 is 0 Å². The molecule has 172 valence electrons. The number of carbonyl (C=O) groups is 1. The third kappa shape index (κ3) is 5.82. The van der Waals surface area contributed by atoms with Gasteiger partial charge in [0.25, 0.3) is 0 Å². The van der Waals surface area contributed by atoms with Crippen molar-refractivity contribution in [2.24, 2.45) is 10.9 Å². The van der Waals surface area contributed by atoms with Crippen molar-refractivity contribution < 1.29 is 13.9 Å². The van der Waals surface area contributed by atoms with Crippen molar-refractivity contribution in [2.75, 3.05) is 45.9 Å². The highest BCUT2D eigenvalue weighted by atomic mass is 127. The second-order valence-corrected chi connectivity index (χ2v) is 8.63. The van der Waals surface area contributed by atoms with Gasteiger partial charge in [0.2, 0.25) is 5.91 Å². The average molecular weight is 565 g/mol. The van der Waals surface area contributed by atoms with Gasteiger partial charge in [0.15, 0.2) is 5.96 Å². The molecule has 31 heavy (non-hydrogen) atoms. The van der Waals surface area contributed by atoms with Crippen LogP contribution in [0.1, 0.15) is 37.7 Å². The van der Waals surface area contributed by atoms with Gasteiger partial charge in [-0.05, 0) is 38.3 Å². The molecule has 1 N–H and O–H groups in total. The SMILES string of the molecule is CCN=C(NC1CC1c1c(F)cccc1Cl)N1CCC(C(=O)N2CCOCC2)CC1.I. The molecule has 2 aliphatic heterocycles. The van der Waals surface area contributed by atoms with Gasteiger partial charge in [-0.2, -0.15) is 0 Å². The Hall–Kier alpha value is -1.13. The fourth-order valence-electron chi connectivity index (χ4n) is 4.47. The third-order valence-corrected chi connectivity index (χ3v) is 6.58. The Labute approximate surface area is 205 Å². The summed E-state index contributed by atoms with van der Waals surface area (Å²) in [6, 6.07) is 4.98. The quantitative estimate of drug-likeness (QED) is 0.346. The molecule has 1 aromatic carbocycles. The molecule has 2 unspecified atom stereocenters. The molecule has 4 rings (SSSR count). The highest BCUT2D eigenvalue weighted by Gasteiger charge is 2.42. The van der Waals surface area contributed by atoms with E-state index in [0.717, 1.165) is 38.3 Å². The molecule has 2 heterocycles. The van der Waals surface area contributed by atoms with Gasteiger partial charge in [-0.1, -0.05) is 17.7 Å². The van der Waals surface area contributed by atoms with Gasteiger partial charge in [0, 0.05) is 61.2 Å². The Bertz CT molecular complexity index is 777. The summed E-state index contributed by atoms with van der Waals surface area (Å²) in [5, 5.41) is 4.00. The maximum absolute atomic E-state index is 14.2. The van der Waals surface area contributed by atoms with Gasteiger partial charge in [-0.25, -0.2) is 4.39 Å². The van der Waals surface area contributed by atoms with Crippen LogP contribution in [-0.2, 0) is 9.53 Å². The second kappa shape index (κ2) is 11.1. The summed E-state index contributed by atoms with van der Waals surface area (Å²) in [5.41, 5.74) is 0.599. The van der Waals surface area contributed by atoms with Crippen molar-refractivity contribution in [3.8, 4) is 0 Å². The number of piperidine rings is 1. The number of amides is 1. The third-order valence-electron chi connectivity index (χ3n) is 6.25. The van der Waals surface area contributed by atoms with E-state index >= 15 is 0 Å².